The zero-order valence-corrected chi connectivity index (χ0v) is 17.4. The fourth-order valence-corrected chi connectivity index (χ4v) is 4.26. The molecule has 0 spiro atoms. The number of pyridine rings is 1. The second-order valence-corrected chi connectivity index (χ2v) is 8.03. The van der Waals surface area contributed by atoms with E-state index in [0.29, 0.717) is 22.3 Å². The molecule has 0 unspecified atom stereocenters. The molecule has 0 bridgehead atoms. The zero-order valence-electron chi connectivity index (χ0n) is 17.4. The molecule has 5 nitrogen and oxygen atoms in total. The molecule has 1 aliphatic heterocycles. The molecule has 3 heterocycles. The molecule has 2 aromatic carbocycles. The minimum Gasteiger partial charge on any atom is -0.355 e. The molecule has 0 amide bonds. The van der Waals surface area contributed by atoms with Gasteiger partial charge in [-0.3, -0.25) is 4.40 Å². The molecule has 1 fully saturated rings. The van der Waals surface area contributed by atoms with Crippen LogP contribution < -0.4 is 4.90 Å². The van der Waals surface area contributed by atoms with E-state index in [-0.39, 0.29) is 0 Å². The van der Waals surface area contributed by atoms with Crippen molar-refractivity contribution in [1.82, 2.24) is 14.3 Å². The van der Waals surface area contributed by atoms with Crippen molar-refractivity contribution in [2.75, 3.05) is 38.1 Å². The molecule has 0 saturated carbocycles. The molecule has 0 radical (unpaired) electrons. The number of nitriles is 1. The number of anilines is 1. The molecule has 4 aromatic rings. The summed E-state index contributed by atoms with van der Waals surface area (Å²) in [7, 11) is 2.08. The number of fused-ring (bicyclic) bond motifs is 3. The summed E-state index contributed by atoms with van der Waals surface area (Å²) >= 11 is 0. The van der Waals surface area contributed by atoms with Gasteiger partial charge in [0.1, 0.15) is 17.5 Å². The number of nitrogens with zero attached hydrogens (tertiary/aromatic N) is 5. The number of rotatable bonds is 2. The lowest BCUT2D eigenvalue weighted by Gasteiger charge is -2.34. The van der Waals surface area contributed by atoms with Gasteiger partial charge in [-0.1, -0.05) is 24.3 Å². The zero-order chi connectivity index (χ0) is 22.5. The summed E-state index contributed by atoms with van der Waals surface area (Å²) in [6.07, 6.45) is -4.41. The Kier molecular flexibility index (Phi) is 4.79. The smallest absolute Gasteiger partial charge is 0.355 e. The van der Waals surface area contributed by atoms with Crippen molar-refractivity contribution < 1.29 is 13.2 Å². The van der Waals surface area contributed by atoms with Crippen LogP contribution in [0.1, 0.15) is 11.1 Å². The molecule has 162 valence electrons. The summed E-state index contributed by atoms with van der Waals surface area (Å²) in [6.45, 7) is 3.39. The van der Waals surface area contributed by atoms with Gasteiger partial charge in [0.2, 0.25) is 0 Å². The van der Waals surface area contributed by atoms with E-state index in [1.807, 2.05) is 34.7 Å². The first-order valence-electron chi connectivity index (χ1n) is 10.3. The maximum Gasteiger partial charge on any atom is 0.416 e. The summed E-state index contributed by atoms with van der Waals surface area (Å²) in [5.74, 6) is 0.885. The minimum absolute atomic E-state index is 0.346. The number of alkyl halides is 3. The fraction of sp³-hybridized carbons (Fsp3) is 0.250. The standard InChI is InChI=1S/C24H20F3N5/c1-30-10-12-31(13-11-30)22-14-18(16-6-8-17(9-7-16)24(25,26)27)19(15-28)23-29-20-4-2-3-5-21(20)32(22)23/h2-9,14H,10-13H2,1H3. The Morgan fingerprint density at radius 2 is 1.66 bits per heavy atom. The van der Waals surface area contributed by atoms with Crippen LogP contribution in [0.5, 0.6) is 0 Å². The molecule has 1 aliphatic rings. The Hall–Kier alpha value is -3.57. The highest BCUT2D eigenvalue weighted by atomic mass is 19.4. The van der Waals surface area contributed by atoms with Crippen molar-refractivity contribution in [2.45, 2.75) is 6.18 Å². The van der Waals surface area contributed by atoms with Crippen LogP contribution in [-0.4, -0.2) is 47.5 Å². The molecular weight excluding hydrogens is 415 g/mol. The molecule has 0 atom stereocenters. The largest absolute Gasteiger partial charge is 0.416 e. The van der Waals surface area contributed by atoms with Gasteiger partial charge < -0.3 is 9.80 Å². The van der Waals surface area contributed by atoms with Gasteiger partial charge in [-0.15, -0.1) is 0 Å². The van der Waals surface area contributed by atoms with Crippen LogP contribution in [-0.2, 0) is 6.18 Å². The van der Waals surface area contributed by atoms with Crippen LogP contribution in [0.2, 0.25) is 0 Å². The average molecular weight is 435 g/mol. The molecule has 5 rings (SSSR count). The van der Waals surface area contributed by atoms with Crippen LogP contribution in [0.15, 0.2) is 54.6 Å². The summed E-state index contributed by atoms with van der Waals surface area (Å²) in [4.78, 5) is 9.22. The van der Waals surface area contributed by atoms with E-state index in [1.54, 1.807) is 0 Å². The number of benzene rings is 2. The third kappa shape index (κ3) is 3.35. The highest BCUT2D eigenvalue weighted by Crippen LogP contribution is 2.36. The highest BCUT2D eigenvalue weighted by molar-refractivity contribution is 5.89. The number of para-hydroxylation sites is 2. The Morgan fingerprint density at radius 1 is 0.969 bits per heavy atom. The third-order valence-corrected chi connectivity index (χ3v) is 6.02. The minimum atomic E-state index is -4.41. The normalized spacial score (nSPS) is 15.4. The van der Waals surface area contributed by atoms with Crippen molar-refractivity contribution in [3.05, 3.63) is 65.7 Å². The number of halogens is 3. The van der Waals surface area contributed by atoms with E-state index in [1.165, 1.54) is 12.1 Å². The van der Waals surface area contributed by atoms with Gasteiger partial charge in [0.25, 0.3) is 0 Å². The molecule has 0 N–H and O–H groups in total. The van der Waals surface area contributed by atoms with Crippen molar-refractivity contribution in [3.63, 3.8) is 0 Å². The summed E-state index contributed by atoms with van der Waals surface area (Å²) in [5.41, 5.74) is 2.94. The number of likely N-dealkylation sites (N-methyl/N-ethyl adjacent to an activating group) is 1. The van der Waals surface area contributed by atoms with Crippen LogP contribution in [0.4, 0.5) is 19.0 Å². The van der Waals surface area contributed by atoms with Gasteiger partial charge in [0.15, 0.2) is 5.65 Å². The van der Waals surface area contributed by atoms with Gasteiger partial charge in [-0.05, 0) is 42.9 Å². The Bertz CT molecular complexity index is 1340. The second-order valence-electron chi connectivity index (χ2n) is 8.03. The number of imidazole rings is 1. The van der Waals surface area contributed by atoms with Crippen LogP contribution in [0, 0.1) is 11.3 Å². The number of hydrogen-bond acceptors (Lipinski definition) is 4. The number of aromatic nitrogens is 2. The molecule has 8 heteroatoms. The van der Waals surface area contributed by atoms with Crippen LogP contribution >= 0.6 is 0 Å². The third-order valence-electron chi connectivity index (χ3n) is 6.02. The van der Waals surface area contributed by atoms with Gasteiger partial charge in [0, 0.05) is 31.7 Å². The predicted octanol–water partition coefficient (Wildman–Crippen LogP) is 4.80. The summed E-state index contributed by atoms with van der Waals surface area (Å²) in [6, 6.07) is 16.8. The molecule has 0 aliphatic carbocycles. The van der Waals surface area contributed by atoms with E-state index < -0.39 is 11.7 Å². The van der Waals surface area contributed by atoms with E-state index in [4.69, 9.17) is 4.98 Å². The highest BCUT2D eigenvalue weighted by Gasteiger charge is 2.30. The Balaban J connectivity index is 1.77. The lowest BCUT2D eigenvalue weighted by Crippen LogP contribution is -2.45. The van der Waals surface area contributed by atoms with Crippen LogP contribution in [0.3, 0.4) is 0 Å². The van der Waals surface area contributed by atoms with E-state index >= 15 is 0 Å². The van der Waals surface area contributed by atoms with Crippen molar-refractivity contribution in [3.8, 4) is 17.2 Å². The first-order chi connectivity index (χ1) is 15.4. The predicted molar refractivity (Wildman–Crippen MR) is 118 cm³/mol. The SMILES string of the molecule is CN1CCN(c2cc(-c3ccc(C(F)(F)F)cc3)c(C#N)c3nc4ccccc4n23)CC1. The van der Waals surface area contributed by atoms with Gasteiger partial charge >= 0.3 is 6.18 Å². The van der Waals surface area contributed by atoms with Crippen molar-refractivity contribution in [1.29, 1.82) is 5.26 Å². The van der Waals surface area contributed by atoms with E-state index in [2.05, 4.69) is 22.9 Å². The van der Waals surface area contributed by atoms with Gasteiger partial charge in [-0.2, -0.15) is 18.4 Å². The number of hydrogen-bond donors (Lipinski definition) is 0. The lowest BCUT2D eigenvalue weighted by atomic mass is 9.99. The lowest BCUT2D eigenvalue weighted by molar-refractivity contribution is -0.137. The topological polar surface area (TPSA) is 47.6 Å². The first-order valence-corrected chi connectivity index (χ1v) is 10.3. The second kappa shape index (κ2) is 7.53. The first kappa shape index (κ1) is 20.3. The van der Waals surface area contributed by atoms with Crippen molar-refractivity contribution >= 4 is 22.5 Å². The van der Waals surface area contributed by atoms with E-state index in [9.17, 15) is 18.4 Å². The Morgan fingerprint density at radius 3 is 2.31 bits per heavy atom. The monoisotopic (exact) mass is 435 g/mol. The summed E-state index contributed by atoms with van der Waals surface area (Å²) in [5, 5.41) is 10.0. The molecule has 1 saturated heterocycles. The summed E-state index contributed by atoms with van der Waals surface area (Å²) < 4.78 is 41.2. The number of piperazine rings is 1. The van der Waals surface area contributed by atoms with E-state index in [0.717, 1.165) is 55.2 Å². The Labute approximate surface area is 182 Å². The average Bonchev–Trinajstić information content (AvgIpc) is 3.18. The van der Waals surface area contributed by atoms with Gasteiger partial charge in [0.05, 0.1) is 16.6 Å². The maximum atomic E-state index is 13.1. The quantitative estimate of drug-likeness (QED) is 0.454. The van der Waals surface area contributed by atoms with Gasteiger partial charge in [-0.25, -0.2) is 4.98 Å². The maximum absolute atomic E-state index is 13.1. The van der Waals surface area contributed by atoms with Crippen molar-refractivity contribution in [2.24, 2.45) is 0 Å². The van der Waals surface area contributed by atoms with Crippen LogP contribution in [0.25, 0.3) is 27.8 Å². The molecule has 32 heavy (non-hydrogen) atoms. The molecular formula is C24H20F3N5. The molecule has 2 aromatic heterocycles. The fourth-order valence-electron chi connectivity index (χ4n) is 4.26.